The van der Waals surface area contributed by atoms with Gasteiger partial charge in [-0.25, -0.2) is 0 Å². The van der Waals surface area contributed by atoms with Gasteiger partial charge in [-0.15, -0.1) is 0 Å². The molecule has 1 aliphatic heterocycles. The summed E-state index contributed by atoms with van der Waals surface area (Å²) in [7, 11) is 0. The molecule has 0 spiro atoms. The number of hydrogen-bond acceptors (Lipinski definition) is 2. The Morgan fingerprint density at radius 1 is 1.20 bits per heavy atom. The molecular weight excluding hydrogens is 244 g/mol. The molecule has 0 radical (unpaired) electrons. The minimum Gasteiger partial charge on any atom is -0.311 e. The van der Waals surface area contributed by atoms with E-state index in [2.05, 4.69) is 44.8 Å². The Bertz CT molecular complexity index is 289. The standard InChI is InChI=1S/C18H36N2/c1-6-8-16-12-20(18(11-19-16)13(2)3)17-10-7-9-14(4)15(17)5/h13-19H,6-12H2,1-5H3. The summed E-state index contributed by atoms with van der Waals surface area (Å²) in [5.74, 6) is 2.53. The molecule has 1 saturated carbocycles. The van der Waals surface area contributed by atoms with E-state index in [4.69, 9.17) is 0 Å². The lowest BCUT2D eigenvalue weighted by molar-refractivity contribution is 0.000695. The zero-order valence-electron chi connectivity index (χ0n) is 14.4. The molecule has 0 aromatic heterocycles. The fourth-order valence-electron chi connectivity index (χ4n) is 4.42. The van der Waals surface area contributed by atoms with E-state index in [1.807, 2.05) is 0 Å². The first-order valence-electron chi connectivity index (χ1n) is 9.03. The highest BCUT2D eigenvalue weighted by atomic mass is 15.3. The number of nitrogens with one attached hydrogen (secondary N) is 1. The first-order valence-corrected chi connectivity index (χ1v) is 9.03. The smallest absolute Gasteiger partial charge is 0.0247 e. The summed E-state index contributed by atoms with van der Waals surface area (Å²) in [5.41, 5.74) is 0. The Morgan fingerprint density at radius 2 is 1.95 bits per heavy atom. The second-order valence-electron chi connectivity index (χ2n) is 7.74. The summed E-state index contributed by atoms with van der Waals surface area (Å²) >= 11 is 0. The van der Waals surface area contributed by atoms with Crippen LogP contribution in [-0.2, 0) is 0 Å². The average molecular weight is 280 g/mol. The molecule has 0 bridgehead atoms. The molecule has 1 aliphatic carbocycles. The SMILES string of the molecule is CCCC1CN(C2CCCC(C)C2C)C(C(C)C)CN1. The van der Waals surface area contributed by atoms with Crippen LogP contribution in [0.5, 0.6) is 0 Å². The van der Waals surface area contributed by atoms with Gasteiger partial charge in [-0.1, -0.05) is 53.9 Å². The number of nitrogens with zero attached hydrogens (tertiary/aromatic N) is 1. The lowest BCUT2D eigenvalue weighted by Gasteiger charge is -2.50. The molecule has 20 heavy (non-hydrogen) atoms. The fraction of sp³-hybridized carbons (Fsp3) is 1.00. The largest absolute Gasteiger partial charge is 0.311 e. The van der Waals surface area contributed by atoms with Crippen LogP contribution in [0, 0.1) is 17.8 Å². The normalized spacial score (nSPS) is 40.2. The van der Waals surface area contributed by atoms with Crippen molar-refractivity contribution < 1.29 is 0 Å². The van der Waals surface area contributed by atoms with Crippen molar-refractivity contribution >= 4 is 0 Å². The first kappa shape index (κ1) is 16.3. The van der Waals surface area contributed by atoms with Gasteiger partial charge in [0.05, 0.1) is 0 Å². The van der Waals surface area contributed by atoms with Crippen LogP contribution in [-0.4, -0.2) is 36.1 Å². The maximum absolute atomic E-state index is 3.80. The minimum absolute atomic E-state index is 0.722. The van der Waals surface area contributed by atoms with Gasteiger partial charge < -0.3 is 5.32 Å². The molecule has 2 aliphatic rings. The van der Waals surface area contributed by atoms with Gasteiger partial charge in [-0.3, -0.25) is 4.90 Å². The molecule has 2 nitrogen and oxygen atoms in total. The average Bonchev–Trinajstić information content (AvgIpc) is 2.42. The van der Waals surface area contributed by atoms with Gasteiger partial charge in [-0.2, -0.15) is 0 Å². The Labute approximate surface area is 126 Å². The predicted molar refractivity (Wildman–Crippen MR) is 88.0 cm³/mol. The van der Waals surface area contributed by atoms with E-state index in [0.717, 1.165) is 35.9 Å². The summed E-state index contributed by atoms with van der Waals surface area (Å²) in [6.45, 7) is 14.5. The molecular formula is C18H36N2. The van der Waals surface area contributed by atoms with Gasteiger partial charge in [0, 0.05) is 31.2 Å². The zero-order chi connectivity index (χ0) is 14.7. The maximum atomic E-state index is 3.80. The Balaban J connectivity index is 2.09. The lowest BCUT2D eigenvalue weighted by atomic mass is 9.76. The summed E-state index contributed by atoms with van der Waals surface area (Å²) in [6.07, 6.45) is 6.93. The molecule has 0 aromatic rings. The van der Waals surface area contributed by atoms with E-state index in [1.165, 1.54) is 45.2 Å². The van der Waals surface area contributed by atoms with Crippen molar-refractivity contribution in [3.63, 3.8) is 0 Å². The highest BCUT2D eigenvalue weighted by molar-refractivity contribution is 4.94. The van der Waals surface area contributed by atoms with Crippen LogP contribution >= 0.6 is 0 Å². The molecule has 5 atom stereocenters. The van der Waals surface area contributed by atoms with Gasteiger partial charge in [0.25, 0.3) is 0 Å². The van der Waals surface area contributed by atoms with Crippen LogP contribution in [0.4, 0.5) is 0 Å². The summed E-state index contributed by atoms with van der Waals surface area (Å²) in [6, 6.07) is 2.29. The van der Waals surface area contributed by atoms with E-state index in [1.54, 1.807) is 0 Å². The highest BCUT2D eigenvalue weighted by Crippen LogP contribution is 2.35. The molecule has 5 unspecified atom stereocenters. The molecule has 0 aromatic carbocycles. The molecule has 2 heteroatoms. The third kappa shape index (κ3) is 3.57. The lowest BCUT2D eigenvalue weighted by Crippen LogP contribution is -2.62. The van der Waals surface area contributed by atoms with E-state index >= 15 is 0 Å². The van der Waals surface area contributed by atoms with Crippen molar-refractivity contribution in [2.75, 3.05) is 13.1 Å². The van der Waals surface area contributed by atoms with E-state index < -0.39 is 0 Å². The number of piperazine rings is 1. The molecule has 1 saturated heterocycles. The van der Waals surface area contributed by atoms with Crippen LogP contribution in [0.15, 0.2) is 0 Å². The molecule has 118 valence electrons. The Morgan fingerprint density at radius 3 is 2.60 bits per heavy atom. The molecule has 0 amide bonds. The maximum Gasteiger partial charge on any atom is 0.0247 e. The molecule has 1 heterocycles. The quantitative estimate of drug-likeness (QED) is 0.840. The van der Waals surface area contributed by atoms with Crippen LogP contribution in [0.2, 0.25) is 0 Å². The zero-order valence-corrected chi connectivity index (χ0v) is 14.4. The second-order valence-corrected chi connectivity index (χ2v) is 7.74. The van der Waals surface area contributed by atoms with Gasteiger partial charge in [0.1, 0.15) is 0 Å². The minimum atomic E-state index is 0.722. The molecule has 2 rings (SSSR count). The molecule has 2 fully saturated rings. The van der Waals surface area contributed by atoms with Crippen LogP contribution < -0.4 is 5.32 Å². The predicted octanol–water partition coefficient (Wildman–Crippen LogP) is 3.91. The first-order chi connectivity index (χ1) is 9.54. The van der Waals surface area contributed by atoms with E-state index in [9.17, 15) is 0 Å². The topological polar surface area (TPSA) is 15.3 Å². The van der Waals surface area contributed by atoms with Crippen molar-refractivity contribution in [3.05, 3.63) is 0 Å². The Kier molecular flexibility index (Phi) is 5.92. The fourth-order valence-corrected chi connectivity index (χ4v) is 4.42. The second kappa shape index (κ2) is 7.26. The van der Waals surface area contributed by atoms with Crippen molar-refractivity contribution in [1.82, 2.24) is 10.2 Å². The summed E-state index contributed by atoms with van der Waals surface area (Å²) in [5, 5.41) is 3.80. The van der Waals surface area contributed by atoms with Crippen molar-refractivity contribution in [3.8, 4) is 0 Å². The van der Waals surface area contributed by atoms with Crippen molar-refractivity contribution in [2.45, 2.75) is 84.8 Å². The third-order valence-corrected chi connectivity index (χ3v) is 5.97. The molecule has 1 N–H and O–H groups in total. The summed E-state index contributed by atoms with van der Waals surface area (Å²) in [4.78, 5) is 2.90. The van der Waals surface area contributed by atoms with Crippen LogP contribution in [0.3, 0.4) is 0 Å². The van der Waals surface area contributed by atoms with Crippen LogP contribution in [0.25, 0.3) is 0 Å². The van der Waals surface area contributed by atoms with E-state index in [0.29, 0.717) is 0 Å². The van der Waals surface area contributed by atoms with Gasteiger partial charge in [0.15, 0.2) is 0 Å². The summed E-state index contributed by atoms with van der Waals surface area (Å²) < 4.78 is 0. The van der Waals surface area contributed by atoms with Gasteiger partial charge in [-0.05, 0) is 30.6 Å². The number of rotatable bonds is 4. The van der Waals surface area contributed by atoms with Gasteiger partial charge >= 0.3 is 0 Å². The van der Waals surface area contributed by atoms with Crippen molar-refractivity contribution in [2.24, 2.45) is 17.8 Å². The Hall–Kier alpha value is -0.0800. The third-order valence-electron chi connectivity index (χ3n) is 5.97. The monoisotopic (exact) mass is 280 g/mol. The van der Waals surface area contributed by atoms with Crippen LogP contribution in [0.1, 0.15) is 66.7 Å². The highest BCUT2D eigenvalue weighted by Gasteiger charge is 2.38. The number of hydrogen-bond donors (Lipinski definition) is 1. The van der Waals surface area contributed by atoms with E-state index in [-0.39, 0.29) is 0 Å². The van der Waals surface area contributed by atoms with Gasteiger partial charge in [0.2, 0.25) is 0 Å². The van der Waals surface area contributed by atoms with Crippen molar-refractivity contribution in [1.29, 1.82) is 0 Å².